The van der Waals surface area contributed by atoms with Crippen LogP contribution in [-0.4, -0.2) is 25.3 Å². The molecule has 0 radical (unpaired) electrons. The predicted octanol–water partition coefficient (Wildman–Crippen LogP) is 2.85. The zero-order chi connectivity index (χ0) is 16.8. The van der Waals surface area contributed by atoms with E-state index in [2.05, 4.69) is 5.32 Å². The Kier molecular flexibility index (Phi) is 10.8. The first kappa shape index (κ1) is 19.4. The molecular weight excluding hydrogens is 288 g/mol. The van der Waals surface area contributed by atoms with Gasteiger partial charge in [-0.3, -0.25) is 4.79 Å². The highest BCUT2D eigenvalue weighted by atomic mass is 16.1. The molecule has 0 aliphatic rings. The Morgan fingerprint density at radius 3 is 2.35 bits per heavy atom. The van der Waals surface area contributed by atoms with Gasteiger partial charge in [0.15, 0.2) is 0 Å². The first-order valence-electron chi connectivity index (χ1n) is 8.72. The first-order valence-corrected chi connectivity index (χ1v) is 8.72. The van der Waals surface area contributed by atoms with Crippen LogP contribution in [0.2, 0.25) is 0 Å². The minimum atomic E-state index is -0.242. The van der Waals surface area contributed by atoms with Crippen molar-refractivity contribution in [3.05, 3.63) is 35.9 Å². The number of carbonyl (C=O) groups excluding carboxylic acids is 2. The Morgan fingerprint density at radius 1 is 1.04 bits per heavy atom. The van der Waals surface area contributed by atoms with Crippen LogP contribution < -0.4 is 11.1 Å². The maximum atomic E-state index is 11.9. The lowest BCUT2D eigenvalue weighted by molar-refractivity contribution is -0.124. The minimum Gasteiger partial charge on any atom is -0.356 e. The second-order valence-electron chi connectivity index (χ2n) is 6.05. The molecule has 128 valence electrons. The molecule has 4 nitrogen and oxygen atoms in total. The molecular formula is C19H30N2O2. The summed E-state index contributed by atoms with van der Waals surface area (Å²) in [6, 6.07) is 9.82. The maximum absolute atomic E-state index is 11.9. The predicted molar refractivity (Wildman–Crippen MR) is 94.1 cm³/mol. The van der Waals surface area contributed by atoms with Gasteiger partial charge in [0.1, 0.15) is 6.29 Å². The average molecular weight is 318 g/mol. The van der Waals surface area contributed by atoms with Crippen molar-refractivity contribution in [2.75, 3.05) is 13.1 Å². The summed E-state index contributed by atoms with van der Waals surface area (Å²) in [5.74, 6) is -0.269. The Balaban J connectivity index is 2.11. The Bertz CT molecular complexity index is 434. The largest absolute Gasteiger partial charge is 0.356 e. The van der Waals surface area contributed by atoms with Crippen molar-refractivity contribution in [2.45, 2.75) is 51.4 Å². The highest BCUT2D eigenvalue weighted by molar-refractivity contribution is 5.79. The third kappa shape index (κ3) is 9.84. The van der Waals surface area contributed by atoms with E-state index in [1.165, 1.54) is 19.3 Å². The number of nitrogens with one attached hydrogen (secondary N) is 1. The number of nitrogens with two attached hydrogens (primary N) is 1. The summed E-state index contributed by atoms with van der Waals surface area (Å²) < 4.78 is 0. The lowest BCUT2D eigenvalue weighted by Gasteiger charge is -2.11. The van der Waals surface area contributed by atoms with E-state index in [9.17, 15) is 9.59 Å². The van der Waals surface area contributed by atoms with E-state index in [0.29, 0.717) is 13.0 Å². The topological polar surface area (TPSA) is 72.2 Å². The van der Waals surface area contributed by atoms with E-state index in [-0.39, 0.29) is 18.2 Å². The fourth-order valence-corrected chi connectivity index (χ4v) is 2.60. The molecule has 0 spiro atoms. The van der Waals surface area contributed by atoms with Gasteiger partial charge in [-0.15, -0.1) is 0 Å². The first-order chi connectivity index (χ1) is 11.3. The van der Waals surface area contributed by atoms with Gasteiger partial charge >= 0.3 is 0 Å². The van der Waals surface area contributed by atoms with Gasteiger partial charge in [0.05, 0.1) is 0 Å². The summed E-state index contributed by atoms with van der Waals surface area (Å²) in [6.07, 6.45) is 8.63. The van der Waals surface area contributed by atoms with Crippen molar-refractivity contribution in [1.29, 1.82) is 0 Å². The molecule has 1 rings (SSSR count). The van der Waals surface area contributed by atoms with Crippen molar-refractivity contribution < 1.29 is 9.59 Å². The van der Waals surface area contributed by atoms with Gasteiger partial charge in [0.25, 0.3) is 0 Å². The highest BCUT2D eigenvalue weighted by Gasteiger charge is 2.13. The molecule has 0 aliphatic carbocycles. The van der Waals surface area contributed by atoms with Crippen LogP contribution in [0, 0.1) is 5.92 Å². The van der Waals surface area contributed by atoms with Crippen molar-refractivity contribution in [3.8, 4) is 0 Å². The van der Waals surface area contributed by atoms with Gasteiger partial charge in [-0.2, -0.15) is 0 Å². The van der Waals surface area contributed by atoms with Crippen LogP contribution >= 0.6 is 0 Å². The van der Waals surface area contributed by atoms with Crippen LogP contribution in [0.1, 0.15) is 50.5 Å². The summed E-state index contributed by atoms with van der Waals surface area (Å²) in [6.45, 7) is 1.48. The Morgan fingerprint density at radius 2 is 1.70 bits per heavy atom. The maximum Gasteiger partial charge on any atom is 0.220 e. The number of aldehydes is 1. The van der Waals surface area contributed by atoms with E-state index in [1.54, 1.807) is 0 Å². The number of unbranched alkanes of at least 4 members (excludes halogenated alkanes) is 5. The number of hydrogen-bond acceptors (Lipinski definition) is 3. The molecule has 3 N–H and O–H groups in total. The Labute approximate surface area is 139 Å². The lowest BCUT2D eigenvalue weighted by atomic mass is 9.97. The molecule has 0 saturated carbocycles. The van der Waals surface area contributed by atoms with Crippen molar-refractivity contribution in [2.24, 2.45) is 11.7 Å². The minimum absolute atomic E-state index is 0.0267. The number of carbonyl (C=O) groups is 2. The zero-order valence-corrected chi connectivity index (χ0v) is 14.0. The van der Waals surface area contributed by atoms with Crippen LogP contribution in [-0.2, 0) is 16.0 Å². The number of hydrogen-bond donors (Lipinski definition) is 2. The normalized spacial score (nSPS) is 11.9. The summed E-state index contributed by atoms with van der Waals surface area (Å²) in [7, 11) is 0. The molecule has 0 bridgehead atoms. The van der Waals surface area contributed by atoms with E-state index < -0.39 is 0 Å². The molecule has 23 heavy (non-hydrogen) atoms. The third-order valence-corrected chi connectivity index (χ3v) is 3.93. The molecule has 0 saturated heterocycles. The monoisotopic (exact) mass is 318 g/mol. The molecule has 1 amide bonds. The van der Waals surface area contributed by atoms with Crippen molar-refractivity contribution in [3.63, 3.8) is 0 Å². The fraction of sp³-hybridized carbons (Fsp3) is 0.579. The zero-order valence-electron chi connectivity index (χ0n) is 14.0. The molecule has 0 aromatic heterocycles. The molecule has 1 atom stereocenters. The van der Waals surface area contributed by atoms with Crippen LogP contribution in [0.5, 0.6) is 0 Å². The van der Waals surface area contributed by atoms with E-state index >= 15 is 0 Å². The van der Waals surface area contributed by atoms with Gasteiger partial charge in [0, 0.05) is 18.9 Å². The molecule has 1 aromatic carbocycles. The molecule has 1 unspecified atom stereocenters. The molecule has 0 aliphatic heterocycles. The van der Waals surface area contributed by atoms with E-state index in [4.69, 9.17) is 5.73 Å². The second-order valence-corrected chi connectivity index (χ2v) is 6.05. The smallest absolute Gasteiger partial charge is 0.220 e. The van der Waals surface area contributed by atoms with Gasteiger partial charge < -0.3 is 15.8 Å². The van der Waals surface area contributed by atoms with E-state index in [0.717, 1.165) is 37.7 Å². The summed E-state index contributed by atoms with van der Waals surface area (Å²) in [5.41, 5.74) is 6.54. The summed E-state index contributed by atoms with van der Waals surface area (Å²) in [5, 5.41) is 2.92. The van der Waals surface area contributed by atoms with Crippen molar-refractivity contribution >= 4 is 12.2 Å². The van der Waals surface area contributed by atoms with Crippen LogP contribution in [0.15, 0.2) is 30.3 Å². The van der Waals surface area contributed by atoms with Crippen LogP contribution in [0.25, 0.3) is 0 Å². The number of rotatable bonds is 13. The van der Waals surface area contributed by atoms with Gasteiger partial charge in [-0.05, 0) is 31.4 Å². The van der Waals surface area contributed by atoms with Crippen molar-refractivity contribution in [1.82, 2.24) is 5.32 Å². The standard InChI is InChI=1S/C19H30N2O2/c20-12-8-3-1-2-4-9-13-21-19(23)15-18(16-22)14-17-10-6-5-7-11-17/h5-7,10-11,16,18H,1-4,8-9,12-15,20H2,(H,21,23). The van der Waals surface area contributed by atoms with Gasteiger partial charge in [-0.1, -0.05) is 56.0 Å². The van der Waals surface area contributed by atoms with Crippen LogP contribution in [0.4, 0.5) is 0 Å². The third-order valence-electron chi connectivity index (χ3n) is 3.93. The second kappa shape index (κ2) is 12.8. The Hall–Kier alpha value is -1.68. The number of benzene rings is 1. The summed E-state index contributed by atoms with van der Waals surface area (Å²) >= 11 is 0. The van der Waals surface area contributed by atoms with E-state index in [1.807, 2.05) is 30.3 Å². The quantitative estimate of drug-likeness (QED) is 0.434. The molecule has 0 heterocycles. The molecule has 4 heteroatoms. The summed E-state index contributed by atoms with van der Waals surface area (Å²) in [4.78, 5) is 23.1. The molecule has 0 fully saturated rings. The van der Waals surface area contributed by atoms with Crippen LogP contribution in [0.3, 0.4) is 0 Å². The highest BCUT2D eigenvalue weighted by Crippen LogP contribution is 2.10. The lowest BCUT2D eigenvalue weighted by Crippen LogP contribution is -2.27. The number of amides is 1. The fourth-order valence-electron chi connectivity index (χ4n) is 2.60. The average Bonchev–Trinajstić information content (AvgIpc) is 2.57. The SMILES string of the molecule is NCCCCCCCCNC(=O)CC(C=O)Cc1ccccc1. The molecule has 1 aromatic rings. The van der Waals surface area contributed by atoms with Gasteiger partial charge in [-0.25, -0.2) is 0 Å². The van der Waals surface area contributed by atoms with Gasteiger partial charge in [0.2, 0.25) is 5.91 Å².